The van der Waals surface area contributed by atoms with Crippen molar-refractivity contribution in [3.63, 3.8) is 0 Å². The summed E-state index contributed by atoms with van der Waals surface area (Å²) in [6, 6.07) is 6.73. The lowest BCUT2D eigenvalue weighted by Gasteiger charge is -2.21. The lowest BCUT2D eigenvalue weighted by atomic mass is 10.0. The van der Waals surface area contributed by atoms with Gasteiger partial charge in [0.25, 0.3) is 0 Å². The van der Waals surface area contributed by atoms with Crippen molar-refractivity contribution in [2.24, 2.45) is 5.92 Å². The smallest absolute Gasteiger partial charge is 0.225 e. The minimum absolute atomic E-state index is 0.145. The number of hydrogen-bond acceptors (Lipinski definition) is 3. The highest BCUT2D eigenvalue weighted by Crippen LogP contribution is 2.18. The molecule has 1 aromatic heterocycles. The Bertz CT molecular complexity index is 646. The van der Waals surface area contributed by atoms with Gasteiger partial charge >= 0.3 is 0 Å². The van der Waals surface area contributed by atoms with E-state index in [1.807, 2.05) is 38.1 Å². The zero-order valence-electron chi connectivity index (χ0n) is 12.2. The summed E-state index contributed by atoms with van der Waals surface area (Å²) in [5.41, 5.74) is 1.81. The fourth-order valence-electron chi connectivity index (χ4n) is 2.38. The standard InChI is InChI=1S/C16H20N2O3/c1-10(2)7-14(16(20)21)18-15(19)8-11-9-17-13-6-4-3-5-12(11)13/h3-6,9-10,14,17H,7-8H2,1-2H3,(H,18,19)(H,20,21)/p-1. The van der Waals surface area contributed by atoms with Crippen molar-refractivity contribution in [3.8, 4) is 0 Å². The summed E-state index contributed by atoms with van der Waals surface area (Å²) in [5, 5.41) is 14.6. The van der Waals surface area contributed by atoms with Crippen molar-refractivity contribution < 1.29 is 14.7 Å². The average molecular weight is 287 g/mol. The van der Waals surface area contributed by atoms with Gasteiger partial charge in [-0.1, -0.05) is 32.0 Å². The summed E-state index contributed by atoms with van der Waals surface area (Å²) < 4.78 is 0. The van der Waals surface area contributed by atoms with E-state index in [4.69, 9.17) is 0 Å². The maximum atomic E-state index is 12.0. The van der Waals surface area contributed by atoms with E-state index in [1.54, 1.807) is 6.20 Å². The molecule has 0 bridgehead atoms. The molecular formula is C16H19N2O3-. The number of amides is 1. The van der Waals surface area contributed by atoms with Gasteiger partial charge in [-0.3, -0.25) is 4.79 Å². The van der Waals surface area contributed by atoms with E-state index in [1.165, 1.54) is 0 Å². The zero-order valence-corrected chi connectivity index (χ0v) is 12.2. The van der Waals surface area contributed by atoms with Gasteiger partial charge in [-0.2, -0.15) is 0 Å². The van der Waals surface area contributed by atoms with Crippen LogP contribution in [0.5, 0.6) is 0 Å². The van der Waals surface area contributed by atoms with E-state index in [9.17, 15) is 14.7 Å². The topological polar surface area (TPSA) is 85.0 Å². The van der Waals surface area contributed by atoms with Crippen molar-refractivity contribution in [1.29, 1.82) is 0 Å². The van der Waals surface area contributed by atoms with Gasteiger partial charge < -0.3 is 20.2 Å². The minimum atomic E-state index is -1.24. The van der Waals surface area contributed by atoms with Crippen LogP contribution < -0.4 is 10.4 Å². The Labute approximate surface area is 123 Å². The molecule has 21 heavy (non-hydrogen) atoms. The highest BCUT2D eigenvalue weighted by Gasteiger charge is 2.16. The normalized spacial score (nSPS) is 12.5. The van der Waals surface area contributed by atoms with Gasteiger partial charge in [0.1, 0.15) is 0 Å². The molecular weight excluding hydrogens is 268 g/mol. The minimum Gasteiger partial charge on any atom is -0.548 e. The first-order chi connectivity index (χ1) is 9.97. The maximum absolute atomic E-state index is 12.0. The second-order valence-corrected chi connectivity index (χ2v) is 5.60. The SMILES string of the molecule is CC(C)CC(NC(=O)Cc1c[nH]c2ccccc12)C(=O)[O-]. The number of nitrogens with one attached hydrogen (secondary N) is 2. The Morgan fingerprint density at radius 1 is 1.29 bits per heavy atom. The van der Waals surface area contributed by atoms with Crippen LogP contribution >= 0.6 is 0 Å². The van der Waals surface area contributed by atoms with Gasteiger partial charge in [-0.25, -0.2) is 0 Å². The van der Waals surface area contributed by atoms with Gasteiger partial charge in [0.05, 0.1) is 18.4 Å². The van der Waals surface area contributed by atoms with Gasteiger partial charge in [-0.05, 0) is 24.0 Å². The number of benzene rings is 1. The molecule has 0 saturated heterocycles. The number of rotatable bonds is 6. The van der Waals surface area contributed by atoms with Crippen molar-refractivity contribution in [2.45, 2.75) is 32.7 Å². The molecule has 1 amide bonds. The number of hydrogen-bond donors (Lipinski definition) is 2. The Morgan fingerprint density at radius 3 is 2.67 bits per heavy atom. The number of aromatic nitrogens is 1. The number of fused-ring (bicyclic) bond motifs is 1. The first kappa shape index (κ1) is 15.1. The number of carboxylic acid groups (broad SMARTS) is 1. The first-order valence-electron chi connectivity index (χ1n) is 7.02. The highest BCUT2D eigenvalue weighted by atomic mass is 16.4. The predicted molar refractivity (Wildman–Crippen MR) is 78.4 cm³/mol. The Balaban J connectivity index is 2.05. The van der Waals surface area contributed by atoms with Crippen LogP contribution in [-0.4, -0.2) is 22.9 Å². The molecule has 0 radical (unpaired) electrons. The number of H-pyrrole nitrogens is 1. The molecule has 2 N–H and O–H groups in total. The zero-order chi connectivity index (χ0) is 15.4. The summed E-state index contributed by atoms with van der Waals surface area (Å²) >= 11 is 0. The molecule has 1 aromatic carbocycles. The fourth-order valence-corrected chi connectivity index (χ4v) is 2.38. The van der Waals surface area contributed by atoms with Crippen LogP contribution in [0.2, 0.25) is 0 Å². The van der Waals surface area contributed by atoms with Gasteiger partial charge in [-0.15, -0.1) is 0 Å². The van der Waals surface area contributed by atoms with Crippen LogP contribution in [0.15, 0.2) is 30.5 Å². The summed E-state index contributed by atoms with van der Waals surface area (Å²) in [7, 11) is 0. The van der Waals surface area contributed by atoms with Crippen LogP contribution in [0.3, 0.4) is 0 Å². The molecule has 5 nitrogen and oxygen atoms in total. The largest absolute Gasteiger partial charge is 0.548 e. The van der Waals surface area contributed by atoms with Crippen LogP contribution in [0.1, 0.15) is 25.8 Å². The monoisotopic (exact) mass is 287 g/mol. The van der Waals surface area contributed by atoms with Gasteiger partial charge in [0.2, 0.25) is 5.91 Å². The van der Waals surface area contributed by atoms with Crippen molar-refractivity contribution in [1.82, 2.24) is 10.3 Å². The van der Waals surface area contributed by atoms with Gasteiger partial charge in [0.15, 0.2) is 0 Å². The molecule has 0 fully saturated rings. The molecule has 2 aromatic rings. The molecule has 5 heteroatoms. The van der Waals surface area contributed by atoms with Gasteiger partial charge in [0, 0.05) is 17.1 Å². The molecule has 0 saturated carbocycles. The van der Waals surface area contributed by atoms with E-state index >= 15 is 0 Å². The summed E-state index contributed by atoms with van der Waals surface area (Å²) in [5.74, 6) is -1.38. The Hall–Kier alpha value is -2.30. The van der Waals surface area contributed by atoms with Crippen molar-refractivity contribution in [2.75, 3.05) is 0 Å². The van der Waals surface area contributed by atoms with Crippen LogP contribution in [-0.2, 0) is 16.0 Å². The predicted octanol–water partition coefficient (Wildman–Crippen LogP) is 0.991. The molecule has 1 heterocycles. The van der Waals surface area contributed by atoms with E-state index in [0.29, 0.717) is 6.42 Å². The molecule has 0 spiro atoms. The third-order valence-corrected chi connectivity index (χ3v) is 3.35. The summed E-state index contributed by atoms with van der Waals surface area (Å²) in [6.07, 6.45) is 2.29. The van der Waals surface area contributed by atoms with Crippen LogP contribution in [0.25, 0.3) is 10.9 Å². The number of para-hydroxylation sites is 1. The highest BCUT2D eigenvalue weighted by molar-refractivity contribution is 5.90. The summed E-state index contributed by atoms with van der Waals surface area (Å²) in [6.45, 7) is 3.81. The second kappa shape index (κ2) is 6.43. The molecule has 2 rings (SSSR count). The second-order valence-electron chi connectivity index (χ2n) is 5.60. The van der Waals surface area contributed by atoms with Crippen LogP contribution in [0, 0.1) is 5.92 Å². The molecule has 0 aliphatic heterocycles. The maximum Gasteiger partial charge on any atom is 0.225 e. The lowest BCUT2D eigenvalue weighted by Crippen LogP contribution is -2.48. The summed E-state index contributed by atoms with van der Waals surface area (Å²) in [4.78, 5) is 26.2. The third-order valence-electron chi connectivity index (χ3n) is 3.35. The van der Waals surface area contributed by atoms with Crippen molar-refractivity contribution in [3.05, 3.63) is 36.0 Å². The number of carboxylic acids is 1. The first-order valence-corrected chi connectivity index (χ1v) is 7.02. The Morgan fingerprint density at radius 2 is 2.00 bits per heavy atom. The van der Waals surface area contributed by atoms with E-state index in [2.05, 4.69) is 10.3 Å². The Kier molecular flexibility index (Phi) is 4.62. The average Bonchev–Trinajstić information content (AvgIpc) is 2.81. The van der Waals surface area contributed by atoms with E-state index < -0.39 is 12.0 Å². The molecule has 0 aliphatic rings. The molecule has 1 unspecified atom stereocenters. The lowest BCUT2D eigenvalue weighted by molar-refractivity contribution is -0.308. The van der Waals surface area contributed by atoms with Crippen LogP contribution in [0.4, 0.5) is 0 Å². The fraction of sp³-hybridized carbons (Fsp3) is 0.375. The number of carbonyl (C=O) groups excluding carboxylic acids is 2. The quantitative estimate of drug-likeness (QED) is 0.831. The van der Waals surface area contributed by atoms with E-state index in [0.717, 1.165) is 16.5 Å². The number of aliphatic carboxylic acids is 1. The molecule has 112 valence electrons. The molecule has 0 aliphatic carbocycles. The molecule has 1 atom stereocenters. The van der Waals surface area contributed by atoms with E-state index in [-0.39, 0.29) is 18.2 Å². The number of carbonyl (C=O) groups is 2. The number of aromatic amines is 1. The van der Waals surface area contributed by atoms with Crippen molar-refractivity contribution >= 4 is 22.8 Å². The third kappa shape index (κ3) is 3.84.